The van der Waals surface area contributed by atoms with Crippen LogP contribution in [0.5, 0.6) is 0 Å². The van der Waals surface area contributed by atoms with Crippen molar-refractivity contribution in [1.29, 1.82) is 0 Å². The number of β-lactam (4-membered cyclic amide) rings is 1. The molecule has 2 N–H and O–H groups in total. The van der Waals surface area contributed by atoms with Gasteiger partial charge in [0.25, 0.3) is 5.91 Å². The number of carboxylic acids is 1. The van der Waals surface area contributed by atoms with Gasteiger partial charge in [0.15, 0.2) is 5.82 Å². The van der Waals surface area contributed by atoms with E-state index in [1.807, 2.05) is 0 Å². The molecule has 0 aliphatic carbocycles. The number of aryl methyl sites for hydroxylation is 2. The third-order valence-corrected chi connectivity index (χ3v) is 7.44. The van der Waals surface area contributed by atoms with E-state index in [0.717, 1.165) is 5.01 Å². The largest absolute Gasteiger partial charge is 0.477 e. The molecule has 4 heterocycles. The number of hydrogen-bond acceptors (Lipinski definition) is 11. The van der Waals surface area contributed by atoms with Gasteiger partial charge >= 0.3 is 5.97 Å². The Hall–Kier alpha value is -2.45. The first-order valence-corrected chi connectivity index (χ1v) is 11.1. The number of thioether (sulfide) groups is 1. The number of thiol groups is 1. The zero-order chi connectivity index (χ0) is 21.6. The predicted molar refractivity (Wildman–Crippen MR) is 109 cm³/mol. The standard InChI is InChI=1S/C16H16N6O5S3/c1-5-17-9(27-21-5)3-8(23)18-10-14(24)22-11(16(25)26)7(4-29-15(10)22)12(28)13-20-19-6(2)30-13/h10,12,15,28H,3-4H2,1-2H3,(H,18,23)(H,25,26)/t10?,12?,15-/m1/s1. The molecule has 4 rings (SSSR count). The lowest BCUT2D eigenvalue weighted by Crippen LogP contribution is -2.70. The van der Waals surface area contributed by atoms with Crippen LogP contribution in [-0.2, 0) is 20.8 Å². The molecule has 2 aromatic heterocycles. The van der Waals surface area contributed by atoms with Gasteiger partial charge in [-0.1, -0.05) is 5.16 Å². The van der Waals surface area contributed by atoms with Gasteiger partial charge in [-0.25, -0.2) is 4.79 Å². The van der Waals surface area contributed by atoms with Crippen LogP contribution in [0.15, 0.2) is 15.8 Å². The maximum atomic E-state index is 12.7. The highest BCUT2D eigenvalue weighted by Gasteiger charge is 2.54. The Balaban J connectivity index is 1.51. The summed E-state index contributed by atoms with van der Waals surface area (Å²) in [6.07, 6.45) is -0.163. The smallest absolute Gasteiger partial charge is 0.352 e. The minimum Gasteiger partial charge on any atom is -0.477 e. The number of nitrogens with one attached hydrogen (secondary N) is 1. The quantitative estimate of drug-likeness (QED) is 0.403. The first kappa shape index (κ1) is 20.8. The van der Waals surface area contributed by atoms with Crippen molar-refractivity contribution in [1.82, 2.24) is 30.6 Å². The Bertz CT molecular complexity index is 1070. The third-order valence-electron chi connectivity index (χ3n) is 4.50. The minimum atomic E-state index is -1.23. The maximum Gasteiger partial charge on any atom is 0.352 e. The molecule has 158 valence electrons. The van der Waals surface area contributed by atoms with Crippen LogP contribution in [0, 0.1) is 13.8 Å². The molecule has 0 aromatic carbocycles. The zero-order valence-electron chi connectivity index (χ0n) is 15.7. The van der Waals surface area contributed by atoms with Crippen molar-refractivity contribution >= 4 is 53.5 Å². The van der Waals surface area contributed by atoms with Crippen LogP contribution in [0.3, 0.4) is 0 Å². The van der Waals surface area contributed by atoms with Crippen LogP contribution in [-0.4, -0.2) is 65.3 Å². The first-order valence-electron chi connectivity index (χ1n) is 8.74. The number of aliphatic carboxylic acids is 1. The van der Waals surface area contributed by atoms with Gasteiger partial charge in [-0.3, -0.25) is 14.5 Å². The maximum absolute atomic E-state index is 12.7. The molecule has 1 fully saturated rings. The highest BCUT2D eigenvalue weighted by molar-refractivity contribution is 8.00. The summed E-state index contributed by atoms with van der Waals surface area (Å²) < 4.78 is 4.91. The summed E-state index contributed by atoms with van der Waals surface area (Å²) >= 11 is 7.21. The summed E-state index contributed by atoms with van der Waals surface area (Å²) in [5.74, 6) is -1.30. The molecule has 30 heavy (non-hydrogen) atoms. The fourth-order valence-corrected chi connectivity index (χ4v) is 5.85. The molecule has 0 bridgehead atoms. The Morgan fingerprint density at radius 2 is 2.17 bits per heavy atom. The Morgan fingerprint density at radius 3 is 2.77 bits per heavy atom. The molecule has 1 saturated heterocycles. The van der Waals surface area contributed by atoms with Crippen molar-refractivity contribution in [3.05, 3.63) is 33.0 Å². The van der Waals surface area contributed by atoms with Crippen molar-refractivity contribution in [2.75, 3.05) is 5.75 Å². The van der Waals surface area contributed by atoms with E-state index in [0.29, 0.717) is 22.2 Å². The summed E-state index contributed by atoms with van der Waals surface area (Å²) in [6, 6.07) is -0.829. The average Bonchev–Trinajstić information content (AvgIpc) is 3.32. The summed E-state index contributed by atoms with van der Waals surface area (Å²) in [7, 11) is 0. The van der Waals surface area contributed by atoms with Crippen molar-refractivity contribution in [2.45, 2.75) is 36.9 Å². The van der Waals surface area contributed by atoms with Crippen LogP contribution >= 0.6 is 35.7 Å². The van der Waals surface area contributed by atoms with Crippen LogP contribution in [0.1, 0.15) is 27.0 Å². The second-order valence-electron chi connectivity index (χ2n) is 6.61. The van der Waals surface area contributed by atoms with Gasteiger partial charge in [0, 0.05) is 5.75 Å². The SMILES string of the molecule is Cc1noc(CC(=O)NC2C(=O)N3C(C(=O)O)=C(C(S)c4nnc(C)s4)CS[C@H]23)n1. The summed E-state index contributed by atoms with van der Waals surface area (Å²) in [6.45, 7) is 3.42. The van der Waals surface area contributed by atoms with Gasteiger partial charge in [0.2, 0.25) is 11.8 Å². The molecular formula is C16H16N6O5S3. The van der Waals surface area contributed by atoms with E-state index in [1.54, 1.807) is 13.8 Å². The molecule has 3 atom stereocenters. The van der Waals surface area contributed by atoms with E-state index in [1.165, 1.54) is 28.0 Å². The van der Waals surface area contributed by atoms with E-state index in [-0.39, 0.29) is 18.0 Å². The van der Waals surface area contributed by atoms with Crippen LogP contribution in [0.2, 0.25) is 0 Å². The number of amides is 2. The Kier molecular flexibility index (Phi) is 5.55. The van der Waals surface area contributed by atoms with E-state index < -0.39 is 34.4 Å². The molecule has 0 radical (unpaired) electrons. The van der Waals surface area contributed by atoms with Gasteiger partial charge in [0.1, 0.15) is 33.5 Å². The molecule has 0 spiro atoms. The van der Waals surface area contributed by atoms with E-state index >= 15 is 0 Å². The second-order valence-corrected chi connectivity index (χ2v) is 9.44. The summed E-state index contributed by atoms with van der Waals surface area (Å²) in [5, 5.41) is 24.2. The number of fused-ring (bicyclic) bond motifs is 1. The highest BCUT2D eigenvalue weighted by Crippen LogP contribution is 2.45. The zero-order valence-corrected chi connectivity index (χ0v) is 18.3. The van der Waals surface area contributed by atoms with Gasteiger partial charge in [-0.05, 0) is 19.4 Å². The lowest BCUT2D eigenvalue weighted by atomic mass is 10.0. The van der Waals surface area contributed by atoms with Crippen LogP contribution in [0.4, 0.5) is 0 Å². The molecule has 2 unspecified atom stereocenters. The van der Waals surface area contributed by atoms with Crippen molar-refractivity contribution in [3.8, 4) is 0 Å². The van der Waals surface area contributed by atoms with E-state index in [2.05, 4.69) is 38.3 Å². The molecule has 2 aliphatic heterocycles. The molecule has 2 aliphatic rings. The first-order chi connectivity index (χ1) is 14.3. The van der Waals surface area contributed by atoms with E-state index in [4.69, 9.17) is 4.52 Å². The van der Waals surface area contributed by atoms with Gasteiger partial charge in [0.05, 0.1) is 5.25 Å². The Labute approximate surface area is 183 Å². The molecule has 2 amide bonds. The average molecular weight is 469 g/mol. The fraction of sp³-hybridized carbons (Fsp3) is 0.438. The van der Waals surface area contributed by atoms with Crippen molar-refractivity contribution in [2.24, 2.45) is 0 Å². The molecule has 0 saturated carbocycles. The fourth-order valence-electron chi connectivity index (χ4n) is 3.20. The van der Waals surface area contributed by atoms with Gasteiger partial charge in [-0.2, -0.15) is 17.6 Å². The third kappa shape index (κ3) is 3.70. The summed E-state index contributed by atoms with van der Waals surface area (Å²) in [4.78, 5) is 42.1. The van der Waals surface area contributed by atoms with Gasteiger partial charge < -0.3 is 14.9 Å². The number of aromatic nitrogens is 4. The highest BCUT2D eigenvalue weighted by atomic mass is 32.2. The number of hydrogen-bond donors (Lipinski definition) is 3. The topological polar surface area (TPSA) is 151 Å². The molecular weight excluding hydrogens is 452 g/mol. The minimum absolute atomic E-state index is 0.116. The number of carbonyl (C=O) groups is 3. The molecule has 14 heteroatoms. The number of rotatable bonds is 6. The lowest BCUT2D eigenvalue weighted by Gasteiger charge is -2.49. The van der Waals surface area contributed by atoms with Crippen molar-refractivity contribution in [3.63, 3.8) is 0 Å². The van der Waals surface area contributed by atoms with Crippen molar-refractivity contribution < 1.29 is 24.0 Å². The lowest BCUT2D eigenvalue weighted by molar-refractivity contribution is -0.150. The second kappa shape index (κ2) is 8.00. The monoisotopic (exact) mass is 468 g/mol. The van der Waals surface area contributed by atoms with Gasteiger partial charge in [-0.15, -0.1) is 33.3 Å². The van der Waals surface area contributed by atoms with E-state index in [9.17, 15) is 19.5 Å². The normalized spacial score (nSPS) is 21.8. The van der Waals surface area contributed by atoms with Crippen LogP contribution in [0.25, 0.3) is 0 Å². The number of carbonyl (C=O) groups excluding carboxylic acids is 2. The Morgan fingerprint density at radius 1 is 1.40 bits per heavy atom. The summed E-state index contributed by atoms with van der Waals surface area (Å²) in [5.41, 5.74) is 0.359. The number of nitrogens with zero attached hydrogens (tertiary/aromatic N) is 5. The number of carboxylic acid groups (broad SMARTS) is 1. The predicted octanol–water partition coefficient (Wildman–Crippen LogP) is 0.490. The van der Waals surface area contributed by atoms with Crippen LogP contribution < -0.4 is 5.32 Å². The molecule has 11 nitrogen and oxygen atoms in total. The molecule has 2 aromatic rings.